The molecule has 0 fully saturated rings. The highest BCUT2D eigenvalue weighted by atomic mass is 15.3. The highest BCUT2D eigenvalue weighted by molar-refractivity contribution is 5.35. The fourth-order valence-corrected chi connectivity index (χ4v) is 1.86. The lowest BCUT2D eigenvalue weighted by atomic mass is 9.85. The Morgan fingerprint density at radius 1 is 1.25 bits per heavy atom. The first-order valence-electron chi connectivity index (χ1n) is 5.45. The largest absolute Gasteiger partial charge is 0.237 e. The smallest absolute Gasteiger partial charge is 0.153 e. The van der Waals surface area contributed by atoms with Crippen LogP contribution in [0, 0.1) is 6.92 Å². The Kier molecular flexibility index (Phi) is 2.54. The molecular formula is C13H17N3. The number of hydrogen-bond acceptors (Lipinski definition) is 2. The summed E-state index contributed by atoms with van der Waals surface area (Å²) in [5.74, 6) is 0.871. The molecule has 2 heterocycles. The van der Waals surface area contributed by atoms with Crippen molar-refractivity contribution >= 4 is 0 Å². The SMILES string of the molecule is Cc1cc(-n2cccn2)ncc1C(C)(C)C. The van der Waals surface area contributed by atoms with E-state index in [1.165, 1.54) is 11.1 Å². The molecule has 0 amide bonds. The molecule has 0 bridgehead atoms. The van der Waals surface area contributed by atoms with Crippen LogP contribution in [0.5, 0.6) is 0 Å². The van der Waals surface area contributed by atoms with E-state index < -0.39 is 0 Å². The second kappa shape index (κ2) is 3.74. The van der Waals surface area contributed by atoms with Crippen molar-refractivity contribution in [1.29, 1.82) is 0 Å². The summed E-state index contributed by atoms with van der Waals surface area (Å²) in [4.78, 5) is 4.45. The van der Waals surface area contributed by atoms with Crippen molar-refractivity contribution in [3.63, 3.8) is 0 Å². The molecule has 0 saturated carbocycles. The third kappa shape index (κ3) is 1.98. The van der Waals surface area contributed by atoms with Gasteiger partial charge in [-0.2, -0.15) is 5.10 Å². The van der Waals surface area contributed by atoms with Crippen LogP contribution in [0.4, 0.5) is 0 Å². The molecule has 0 spiro atoms. The van der Waals surface area contributed by atoms with Crippen LogP contribution in [-0.4, -0.2) is 14.8 Å². The topological polar surface area (TPSA) is 30.7 Å². The fourth-order valence-electron chi connectivity index (χ4n) is 1.86. The lowest BCUT2D eigenvalue weighted by Gasteiger charge is -2.21. The first kappa shape index (κ1) is 10.9. The van der Waals surface area contributed by atoms with Gasteiger partial charge in [-0.25, -0.2) is 9.67 Å². The summed E-state index contributed by atoms with van der Waals surface area (Å²) in [7, 11) is 0. The average molecular weight is 215 g/mol. The van der Waals surface area contributed by atoms with Gasteiger partial charge in [0.2, 0.25) is 0 Å². The maximum atomic E-state index is 4.45. The summed E-state index contributed by atoms with van der Waals surface area (Å²) in [6.45, 7) is 8.72. The van der Waals surface area contributed by atoms with E-state index in [0.717, 1.165) is 5.82 Å². The minimum Gasteiger partial charge on any atom is -0.237 e. The van der Waals surface area contributed by atoms with Crippen molar-refractivity contribution < 1.29 is 0 Å². The van der Waals surface area contributed by atoms with Gasteiger partial charge >= 0.3 is 0 Å². The summed E-state index contributed by atoms with van der Waals surface area (Å²) in [6, 6.07) is 3.97. The normalized spacial score (nSPS) is 11.8. The Morgan fingerprint density at radius 2 is 2.00 bits per heavy atom. The summed E-state index contributed by atoms with van der Waals surface area (Å²) in [6.07, 6.45) is 5.61. The van der Waals surface area contributed by atoms with Gasteiger partial charge in [-0.15, -0.1) is 0 Å². The van der Waals surface area contributed by atoms with Crippen molar-refractivity contribution in [3.05, 3.63) is 41.9 Å². The van der Waals surface area contributed by atoms with Gasteiger partial charge in [0.25, 0.3) is 0 Å². The van der Waals surface area contributed by atoms with Crippen LogP contribution >= 0.6 is 0 Å². The highest BCUT2D eigenvalue weighted by Gasteiger charge is 2.17. The number of aryl methyl sites for hydroxylation is 1. The summed E-state index contributed by atoms with van der Waals surface area (Å²) in [5, 5.41) is 4.17. The minimum atomic E-state index is 0.139. The third-order valence-electron chi connectivity index (χ3n) is 2.64. The Morgan fingerprint density at radius 3 is 2.50 bits per heavy atom. The quantitative estimate of drug-likeness (QED) is 0.732. The number of hydrogen-bond donors (Lipinski definition) is 0. The molecule has 0 N–H and O–H groups in total. The van der Waals surface area contributed by atoms with Crippen molar-refractivity contribution in [2.24, 2.45) is 0 Å². The van der Waals surface area contributed by atoms with Crippen LogP contribution in [0.2, 0.25) is 0 Å². The monoisotopic (exact) mass is 215 g/mol. The van der Waals surface area contributed by atoms with Gasteiger partial charge in [-0.1, -0.05) is 20.8 Å². The second-order valence-electron chi connectivity index (χ2n) is 5.06. The molecule has 0 radical (unpaired) electrons. The predicted molar refractivity (Wildman–Crippen MR) is 64.8 cm³/mol. The maximum Gasteiger partial charge on any atom is 0.153 e. The van der Waals surface area contributed by atoms with Crippen molar-refractivity contribution in [3.8, 4) is 5.82 Å². The number of rotatable bonds is 1. The zero-order valence-electron chi connectivity index (χ0n) is 10.2. The van der Waals surface area contributed by atoms with E-state index in [1.54, 1.807) is 10.9 Å². The van der Waals surface area contributed by atoms with Gasteiger partial charge in [0.15, 0.2) is 5.82 Å². The van der Waals surface area contributed by atoms with E-state index in [1.807, 2.05) is 18.5 Å². The molecule has 16 heavy (non-hydrogen) atoms. The molecule has 0 saturated heterocycles. The van der Waals surface area contributed by atoms with Crippen LogP contribution in [0.1, 0.15) is 31.9 Å². The molecule has 0 aromatic carbocycles. The highest BCUT2D eigenvalue weighted by Crippen LogP contribution is 2.25. The molecule has 0 aliphatic rings. The molecule has 2 rings (SSSR count). The molecule has 2 aromatic heterocycles. The van der Waals surface area contributed by atoms with Gasteiger partial charge in [-0.05, 0) is 35.6 Å². The Hall–Kier alpha value is -1.64. The molecule has 0 aliphatic carbocycles. The Bertz CT molecular complexity index is 478. The first-order chi connectivity index (χ1) is 7.48. The zero-order chi connectivity index (χ0) is 11.8. The maximum absolute atomic E-state index is 4.45. The minimum absolute atomic E-state index is 0.139. The number of aromatic nitrogens is 3. The Labute approximate surface area is 96.1 Å². The first-order valence-corrected chi connectivity index (χ1v) is 5.45. The predicted octanol–water partition coefficient (Wildman–Crippen LogP) is 2.87. The van der Waals surface area contributed by atoms with Crippen LogP contribution in [0.15, 0.2) is 30.7 Å². The average Bonchev–Trinajstić information content (AvgIpc) is 2.68. The molecule has 0 atom stereocenters. The van der Waals surface area contributed by atoms with Gasteiger partial charge < -0.3 is 0 Å². The van der Waals surface area contributed by atoms with Crippen LogP contribution in [0.25, 0.3) is 5.82 Å². The van der Waals surface area contributed by atoms with Gasteiger partial charge in [-0.3, -0.25) is 0 Å². The second-order valence-corrected chi connectivity index (χ2v) is 5.06. The fraction of sp³-hybridized carbons (Fsp3) is 0.385. The van der Waals surface area contributed by atoms with E-state index in [-0.39, 0.29) is 5.41 Å². The van der Waals surface area contributed by atoms with Gasteiger partial charge in [0.1, 0.15) is 0 Å². The lowest BCUT2D eigenvalue weighted by Crippen LogP contribution is -2.14. The van der Waals surface area contributed by atoms with Crippen molar-refractivity contribution in [2.75, 3.05) is 0 Å². The van der Waals surface area contributed by atoms with E-state index in [9.17, 15) is 0 Å². The molecule has 0 unspecified atom stereocenters. The third-order valence-corrected chi connectivity index (χ3v) is 2.64. The van der Waals surface area contributed by atoms with Crippen LogP contribution in [-0.2, 0) is 5.41 Å². The molecule has 0 aliphatic heterocycles. The van der Waals surface area contributed by atoms with Crippen LogP contribution in [0.3, 0.4) is 0 Å². The molecule has 3 nitrogen and oxygen atoms in total. The molecule has 2 aromatic rings. The van der Waals surface area contributed by atoms with E-state index in [2.05, 4.69) is 43.8 Å². The van der Waals surface area contributed by atoms with Crippen LogP contribution < -0.4 is 0 Å². The van der Waals surface area contributed by atoms with Crippen molar-refractivity contribution in [1.82, 2.24) is 14.8 Å². The summed E-state index contributed by atoms with van der Waals surface area (Å²) >= 11 is 0. The van der Waals surface area contributed by atoms with E-state index in [0.29, 0.717) is 0 Å². The van der Waals surface area contributed by atoms with Crippen molar-refractivity contribution in [2.45, 2.75) is 33.1 Å². The molecule has 84 valence electrons. The van der Waals surface area contributed by atoms with E-state index >= 15 is 0 Å². The number of nitrogens with zero attached hydrogens (tertiary/aromatic N) is 3. The molecule has 3 heteroatoms. The summed E-state index contributed by atoms with van der Waals surface area (Å²) < 4.78 is 1.78. The van der Waals surface area contributed by atoms with Gasteiger partial charge in [0.05, 0.1) is 0 Å². The number of pyridine rings is 1. The standard InChI is InChI=1S/C13H17N3/c1-10-8-12(16-7-5-6-15-16)14-9-11(10)13(2,3)4/h5-9H,1-4H3. The Balaban J connectivity index is 2.45. The zero-order valence-corrected chi connectivity index (χ0v) is 10.2. The van der Waals surface area contributed by atoms with E-state index in [4.69, 9.17) is 0 Å². The molecular weight excluding hydrogens is 198 g/mol. The summed E-state index contributed by atoms with van der Waals surface area (Å²) in [5.41, 5.74) is 2.68. The van der Waals surface area contributed by atoms with Gasteiger partial charge in [0, 0.05) is 18.6 Å². The lowest BCUT2D eigenvalue weighted by molar-refractivity contribution is 0.582.